The Bertz CT molecular complexity index is 3010. The van der Waals surface area contributed by atoms with Crippen LogP contribution in [0.5, 0.6) is 5.75 Å². The van der Waals surface area contributed by atoms with Crippen LogP contribution in [0.15, 0.2) is 108 Å². The van der Waals surface area contributed by atoms with Gasteiger partial charge in [0.1, 0.15) is 36.7 Å². The van der Waals surface area contributed by atoms with Crippen LogP contribution in [0.4, 0.5) is 15.8 Å². The van der Waals surface area contributed by atoms with E-state index >= 15 is 4.39 Å². The zero-order valence-corrected chi connectivity index (χ0v) is 36.2. The van der Waals surface area contributed by atoms with E-state index in [1.165, 1.54) is 27.3 Å². The van der Waals surface area contributed by atoms with Gasteiger partial charge in [0.15, 0.2) is 5.82 Å². The maximum absolute atomic E-state index is 16.5. The van der Waals surface area contributed by atoms with Crippen LogP contribution in [0.2, 0.25) is 0 Å². The van der Waals surface area contributed by atoms with Gasteiger partial charge in [0.25, 0.3) is 5.91 Å². The number of halogens is 1. The average Bonchev–Trinajstić information content (AvgIpc) is 3.72. The van der Waals surface area contributed by atoms with Crippen LogP contribution < -0.4 is 30.1 Å². The molecule has 16 nitrogen and oxygen atoms in total. The molecule has 6 aromatic rings. The smallest absolute Gasteiger partial charge is 0.329 e. The van der Waals surface area contributed by atoms with Gasteiger partial charge in [-0.2, -0.15) is 8.42 Å². The van der Waals surface area contributed by atoms with Crippen molar-refractivity contribution in [1.82, 2.24) is 24.1 Å². The van der Waals surface area contributed by atoms with Crippen molar-refractivity contribution in [2.24, 2.45) is 7.05 Å². The van der Waals surface area contributed by atoms with E-state index in [0.29, 0.717) is 52.3 Å². The molecule has 3 aliphatic heterocycles. The lowest BCUT2D eigenvalue weighted by Gasteiger charge is -2.37. The number of likely N-dealkylation sites (tertiary alicyclic amines) is 1. The molecule has 5 aromatic carbocycles. The largest absolute Gasteiger partial charge is 0.487 e. The summed E-state index contributed by atoms with van der Waals surface area (Å²) in [7, 11) is -2.72. The minimum atomic E-state index is -4.39. The van der Waals surface area contributed by atoms with Gasteiger partial charge in [0.2, 0.25) is 17.7 Å². The van der Waals surface area contributed by atoms with Crippen LogP contribution in [0.3, 0.4) is 0 Å². The highest BCUT2D eigenvalue weighted by Gasteiger charge is 2.39. The van der Waals surface area contributed by atoms with E-state index in [0.717, 1.165) is 16.7 Å². The molecule has 0 aliphatic carbocycles. The molecule has 3 aliphatic rings. The fraction of sp³-hybridized carbons (Fsp3) is 0.298. The molecule has 65 heavy (non-hydrogen) atoms. The molecule has 0 saturated carbocycles. The first-order valence-corrected chi connectivity index (χ1v) is 22.8. The third-order valence-corrected chi connectivity index (χ3v) is 13.7. The van der Waals surface area contributed by atoms with E-state index in [9.17, 15) is 32.4 Å². The predicted molar refractivity (Wildman–Crippen MR) is 240 cm³/mol. The second kappa shape index (κ2) is 17.9. The monoisotopic (exact) mass is 903 g/mol. The second-order valence-corrected chi connectivity index (χ2v) is 18.1. The standard InChI is InChI=1S/C47H46FN7O9S/c1-52-38-23-32(12-15-36(38)55(47(52)60)37-16-17-41(56)50-45(37)58)31-18-20-53(21-19-31)39(28-63-26-29-8-4-2-5-9-29)46(59)49-34-13-14-35-33(22-34)24-40(64-27-30-10-6-3-7-11-30)44(43(35)48)54-25-42(57)51-65(54,61)62/h2-15,22-24,31,37,39H,16-21,25-28H2,1H3,(H,49,59)(H,51,57)(H,50,56,58)/t37?,39-/m1/s1. The highest BCUT2D eigenvalue weighted by atomic mass is 32.2. The number of hydrogen-bond acceptors (Lipinski definition) is 10. The van der Waals surface area contributed by atoms with Crippen molar-refractivity contribution < 1.29 is 41.5 Å². The number of imidazole rings is 1. The van der Waals surface area contributed by atoms with Gasteiger partial charge in [-0.3, -0.25) is 38.5 Å². The Kier molecular flexibility index (Phi) is 12.0. The van der Waals surface area contributed by atoms with Crippen molar-refractivity contribution in [2.75, 3.05) is 35.9 Å². The number of ether oxygens (including phenoxy) is 2. The van der Waals surface area contributed by atoms with Gasteiger partial charge in [0, 0.05) is 24.5 Å². The van der Waals surface area contributed by atoms with E-state index in [4.69, 9.17) is 9.47 Å². The molecule has 1 unspecified atom stereocenters. The zero-order chi connectivity index (χ0) is 45.4. The molecule has 0 spiro atoms. The summed E-state index contributed by atoms with van der Waals surface area (Å²) in [5.74, 6) is -2.90. The number of fused-ring (bicyclic) bond motifs is 2. The van der Waals surface area contributed by atoms with Gasteiger partial charge in [-0.1, -0.05) is 66.7 Å². The van der Waals surface area contributed by atoms with Crippen LogP contribution in [0, 0.1) is 5.82 Å². The van der Waals surface area contributed by atoms with Gasteiger partial charge in [0.05, 0.1) is 24.2 Å². The first kappa shape index (κ1) is 43.4. The summed E-state index contributed by atoms with van der Waals surface area (Å²) in [6.07, 6.45) is 1.80. The number of benzene rings is 5. The van der Waals surface area contributed by atoms with Crippen molar-refractivity contribution in [3.63, 3.8) is 0 Å². The number of nitrogens with zero attached hydrogens (tertiary/aromatic N) is 4. The molecule has 3 N–H and O–H groups in total. The Labute approximate surface area is 373 Å². The van der Waals surface area contributed by atoms with Crippen molar-refractivity contribution in [3.8, 4) is 5.75 Å². The maximum Gasteiger partial charge on any atom is 0.329 e. The molecule has 3 saturated heterocycles. The van der Waals surface area contributed by atoms with E-state index < -0.39 is 52.2 Å². The van der Waals surface area contributed by atoms with E-state index in [-0.39, 0.29) is 67.2 Å². The van der Waals surface area contributed by atoms with Gasteiger partial charge >= 0.3 is 15.9 Å². The van der Waals surface area contributed by atoms with Crippen molar-refractivity contribution in [2.45, 2.75) is 56.9 Å². The zero-order valence-electron chi connectivity index (χ0n) is 35.4. The van der Waals surface area contributed by atoms with Crippen LogP contribution in [0.25, 0.3) is 21.8 Å². The number of aromatic nitrogens is 2. The minimum Gasteiger partial charge on any atom is -0.487 e. The number of rotatable bonds is 13. The Balaban J connectivity index is 0.953. The number of nitrogens with one attached hydrogen (secondary N) is 3. The molecule has 0 bridgehead atoms. The van der Waals surface area contributed by atoms with Crippen molar-refractivity contribution in [1.29, 1.82) is 0 Å². The number of piperidine rings is 2. The Morgan fingerprint density at radius 3 is 2.23 bits per heavy atom. The normalized spacial score (nSPS) is 18.5. The molecule has 336 valence electrons. The summed E-state index contributed by atoms with van der Waals surface area (Å²) in [6, 6.07) is 29.1. The van der Waals surface area contributed by atoms with Crippen LogP contribution in [0.1, 0.15) is 54.3 Å². The fourth-order valence-corrected chi connectivity index (χ4v) is 10.1. The summed E-state index contributed by atoms with van der Waals surface area (Å²) in [6.45, 7) is 0.830. The molecule has 4 amide bonds. The number of amides is 4. The SMILES string of the molecule is Cn1c(=O)n(C2CCC(=O)NC2=O)c2ccc(C3CCN([C@H](COCc4ccccc4)C(=O)Nc4ccc5c(F)c(N6CC(=O)NS6(=O)=O)c(OCc6ccccc6)cc5c4)CC3)cc21. The molecule has 0 radical (unpaired) electrons. The number of carbonyl (C=O) groups is 4. The lowest BCUT2D eigenvalue weighted by atomic mass is 9.88. The number of carbonyl (C=O) groups excluding carboxylic acids is 4. The highest BCUT2D eigenvalue weighted by molar-refractivity contribution is 7.92. The Morgan fingerprint density at radius 2 is 1.55 bits per heavy atom. The van der Waals surface area contributed by atoms with Crippen LogP contribution in [-0.2, 0) is 54.4 Å². The van der Waals surface area contributed by atoms with Crippen molar-refractivity contribution in [3.05, 3.63) is 136 Å². The van der Waals surface area contributed by atoms with Gasteiger partial charge < -0.3 is 14.8 Å². The molecular weight excluding hydrogens is 858 g/mol. The maximum atomic E-state index is 16.5. The lowest BCUT2D eigenvalue weighted by Crippen LogP contribution is -2.50. The van der Waals surface area contributed by atoms with Gasteiger partial charge in [-0.15, -0.1) is 0 Å². The molecule has 18 heteroatoms. The topological polar surface area (TPSA) is 190 Å². The van der Waals surface area contributed by atoms with E-state index in [1.54, 1.807) is 25.2 Å². The van der Waals surface area contributed by atoms with Gasteiger partial charge in [-0.05, 0) is 96.7 Å². The molecule has 4 heterocycles. The van der Waals surface area contributed by atoms with Crippen LogP contribution in [-0.4, -0.2) is 78.4 Å². The third-order valence-electron chi connectivity index (χ3n) is 12.4. The minimum absolute atomic E-state index is 0.0157. The van der Waals surface area contributed by atoms with Crippen molar-refractivity contribution >= 4 is 67.0 Å². The fourth-order valence-electron chi connectivity index (χ4n) is 8.97. The lowest BCUT2D eigenvalue weighted by molar-refractivity contribution is -0.135. The van der Waals surface area contributed by atoms with Crippen LogP contribution >= 0.6 is 0 Å². The number of hydrogen-bond donors (Lipinski definition) is 3. The second-order valence-electron chi connectivity index (χ2n) is 16.5. The van der Waals surface area contributed by atoms with E-state index in [2.05, 4.69) is 15.5 Å². The number of imide groups is 1. The predicted octanol–water partition coefficient (Wildman–Crippen LogP) is 4.77. The van der Waals surface area contributed by atoms with E-state index in [1.807, 2.05) is 71.5 Å². The first-order chi connectivity index (χ1) is 31.3. The Hall–Kier alpha value is -6.89. The molecule has 3 fully saturated rings. The summed E-state index contributed by atoms with van der Waals surface area (Å²) < 4.78 is 60.1. The summed E-state index contributed by atoms with van der Waals surface area (Å²) >= 11 is 0. The highest BCUT2D eigenvalue weighted by Crippen LogP contribution is 2.41. The molecule has 1 aromatic heterocycles. The van der Waals surface area contributed by atoms with Gasteiger partial charge in [-0.25, -0.2) is 18.2 Å². The Morgan fingerprint density at radius 1 is 0.846 bits per heavy atom. The molecular formula is C47H46FN7O9S. The molecule has 2 atom stereocenters. The first-order valence-electron chi connectivity index (χ1n) is 21.3. The summed E-state index contributed by atoms with van der Waals surface area (Å²) in [4.78, 5) is 66.5. The number of anilines is 2. The summed E-state index contributed by atoms with van der Waals surface area (Å²) in [5.41, 5.74) is 3.64. The average molecular weight is 904 g/mol. The summed E-state index contributed by atoms with van der Waals surface area (Å²) in [5, 5.41) is 5.73. The quantitative estimate of drug-likeness (QED) is 0.136. The third kappa shape index (κ3) is 8.84. The number of aryl methyl sites for hydroxylation is 1. The molecule has 9 rings (SSSR count).